The van der Waals surface area contributed by atoms with E-state index < -0.39 is 0 Å². The molecule has 1 saturated carbocycles. The molecular weight excluding hydrogens is 348 g/mol. The monoisotopic (exact) mass is 378 g/mol. The van der Waals surface area contributed by atoms with E-state index in [1.54, 1.807) is 12.4 Å². The second-order valence-corrected chi connectivity index (χ2v) is 6.97. The summed E-state index contributed by atoms with van der Waals surface area (Å²) in [5, 5.41) is 12.9. The Hall–Kier alpha value is -2.48. The van der Waals surface area contributed by atoms with Crippen molar-refractivity contribution in [2.24, 2.45) is 5.92 Å². The Kier molecular flexibility index (Phi) is 10.0. The zero-order chi connectivity index (χ0) is 20.2. The minimum absolute atomic E-state index is 0.0703. The molecule has 1 fully saturated rings. The van der Waals surface area contributed by atoms with Crippen LogP contribution in [0.3, 0.4) is 0 Å². The van der Waals surface area contributed by atoms with Crippen molar-refractivity contribution in [3.63, 3.8) is 0 Å². The van der Waals surface area contributed by atoms with E-state index in [-0.39, 0.29) is 30.2 Å². The minimum atomic E-state index is -0.250. The van der Waals surface area contributed by atoms with Gasteiger partial charge in [-0.1, -0.05) is 0 Å². The van der Waals surface area contributed by atoms with E-state index in [4.69, 9.17) is 9.90 Å². The summed E-state index contributed by atoms with van der Waals surface area (Å²) in [4.78, 5) is 38.9. The van der Waals surface area contributed by atoms with Crippen LogP contribution in [0.1, 0.15) is 41.6 Å². The van der Waals surface area contributed by atoms with Gasteiger partial charge in [0.15, 0.2) is 0 Å². The van der Waals surface area contributed by atoms with Gasteiger partial charge >= 0.3 is 0 Å². The number of rotatable bonds is 6. The third kappa shape index (κ3) is 8.63. The van der Waals surface area contributed by atoms with E-state index in [1.165, 1.54) is 0 Å². The van der Waals surface area contributed by atoms with E-state index in [0.29, 0.717) is 12.1 Å². The number of likely N-dealkylation sites (N-methyl/N-ethyl adjacent to an activating group) is 1. The molecule has 0 saturated heterocycles. The van der Waals surface area contributed by atoms with Gasteiger partial charge in [0, 0.05) is 37.4 Å². The Morgan fingerprint density at radius 2 is 1.89 bits per heavy atom. The molecule has 8 heteroatoms. The van der Waals surface area contributed by atoms with Gasteiger partial charge in [0.1, 0.15) is 0 Å². The minimum Gasteiger partial charge on any atom is -0.483 e. The molecular formula is C19H30N4O4. The number of aromatic nitrogens is 1. The van der Waals surface area contributed by atoms with E-state index in [2.05, 4.69) is 15.6 Å². The lowest BCUT2D eigenvalue weighted by molar-refractivity contribution is -0.126. The highest BCUT2D eigenvalue weighted by molar-refractivity contribution is 5.94. The van der Waals surface area contributed by atoms with Gasteiger partial charge in [0.25, 0.3) is 12.4 Å². The number of carbonyl (C=O) groups excluding carboxylic acids is 2. The number of hydrogen-bond acceptors (Lipinski definition) is 5. The number of hydrogen-bond donors (Lipinski definition) is 3. The van der Waals surface area contributed by atoms with Crippen molar-refractivity contribution in [1.29, 1.82) is 0 Å². The van der Waals surface area contributed by atoms with Crippen LogP contribution in [0.4, 0.5) is 0 Å². The molecule has 0 spiro atoms. The Labute approximate surface area is 160 Å². The summed E-state index contributed by atoms with van der Waals surface area (Å²) in [5.74, 6) is 0.135. The molecule has 0 aliphatic heterocycles. The van der Waals surface area contributed by atoms with Crippen molar-refractivity contribution in [3.05, 3.63) is 29.6 Å². The van der Waals surface area contributed by atoms with Gasteiger partial charge < -0.3 is 20.6 Å². The van der Waals surface area contributed by atoms with Gasteiger partial charge in [-0.15, -0.1) is 0 Å². The third-order valence-corrected chi connectivity index (χ3v) is 4.43. The summed E-state index contributed by atoms with van der Waals surface area (Å²) in [5.41, 5.74) is 1.57. The van der Waals surface area contributed by atoms with Gasteiger partial charge in [-0.3, -0.25) is 19.4 Å². The summed E-state index contributed by atoms with van der Waals surface area (Å²) in [7, 11) is 3.98. The van der Waals surface area contributed by atoms with Crippen LogP contribution in [0, 0.1) is 12.8 Å². The first-order valence-corrected chi connectivity index (χ1v) is 9.10. The molecule has 2 amide bonds. The fraction of sp³-hybridized carbons (Fsp3) is 0.579. The van der Waals surface area contributed by atoms with E-state index in [0.717, 1.165) is 37.8 Å². The number of aryl methyl sites for hydroxylation is 1. The fourth-order valence-corrected chi connectivity index (χ4v) is 2.99. The summed E-state index contributed by atoms with van der Waals surface area (Å²) < 4.78 is 0. The van der Waals surface area contributed by atoms with Crippen LogP contribution < -0.4 is 10.6 Å². The topological polar surface area (TPSA) is 112 Å². The first-order chi connectivity index (χ1) is 12.9. The van der Waals surface area contributed by atoms with Crippen molar-refractivity contribution < 1.29 is 19.5 Å². The molecule has 1 heterocycles. The van der Waals surface area contributed by atoms with Crippen LogP contribution in [0.15, 0.2) is 18.5 Å². The third-order valence-electron chi connectivity index (χ3n) is 4.43. The summed E-state index contributed by atoms with van der Waals surface area (Å²) in [6, 6.07) is 1.98. The molecule has 0 bridgehead atoms. The van der Waals surface area contributed by atoms with Crippen LogP contribution >= 0.6 is 0 Å². The largest absolute Gasteiger partial charge is 0.483 e. The van der Waals surface area contributed by atoms with E-state index in [9.17, 15) is 9.59 Å². The smallest absolute Gasteiger partial charge is 0.290 e. The zero-order valence-electron chi connectivity index (χ0n) is 16.3. The number of nitrogens with one attached hydrogen (secondary N) is 2. The summed E-state index contributed by atoms with van der Waals surface area (Å²) in [6.45, 7) is 3.20. The Morgan fingerprint density at radius 1 is 1.26 bits per heavy atom. The molecule has 1 aliphatic carbocycles. The van der Waals surface area contributed by atoms with Crippen LogP contribution in [0.2, 0.25) is 0 Å². The van der Waals surface area contributed by atoms with Crippen molar-refractivity contribution in [2.45, 2.75) is 38.6 Å². The lowest BCUT2D eigenvalue weighted by atomic mass is 9.85. The molecule has 3 N–H and O–H groups in total. The highest BCUT2D eigenvalue weighted by Gasteiger charge is 2.27. The Morgan fingerprint density at radius 3 is 2.44 bits per heavy atom. The number of pyridine rings is 1. The quantitative estimate of drug-likeness (QED) is 0.638. The standard InChI is InChI=1S/C18H28N4O2.CH2O2/c1-13-10-15(12-19-11-13)18(24)21-16-6-4-14(5-7-16)17(23)20-8-9-22(2)3;2-1-3/h10-12,14,16H,4-9H2,1-3H3,(H,20,23)(H,21,24);1H,(H,2,3). The van der Waals surface area contributed by atoms with Gasteiger partial charge in [-0.2, -0.15) is 0 Å². The molecule has 1 aromatic rings. The summed E-state index contributed by atoms with van der Waals surface area (Å²) in [6.07, 6.45) is 6.66. The predicted molar refractivity (Wildman–Crippen MR) is 102 cm³/mol. The molecule has 0 aromatic carbocycles. The average Bonchev–Trinajstić information content (AvgIpc) is 2.62. The maximum absolute atomic E-state index is 12.3. The van der Waals surface area contributed by atoms with Gasteiger partial charge in [0.05, 0.1) is 5.56 Å². The first kappa shape index (κ1) is 22.6. The molecule has 1 aliphatic rings. The van der Waals surface area contributed by atoms with Crippen molar-refractivity contribution >= 4 is 18.3 Å². The van der Waals surface area contributed by atoms with Crippen LogP contribution in [-0.4, -0.2) is 66.5 Å². The summed E-state index contributed by atoms with van der Waals surface area (Å²) >= 11 is 0. The number of nitrogens with zero attached hydrogens (tertiary/aromatic N) is 2. The number of amides is 2. The fourth-order valence-electron chi connectivity index (χ4n) is 2.99. The second kappa shape index (κ2) is 12.0. The predicted octanol–water partition coefficient (Wildman–Crippen LogP) is 1.06. The van der Waals surface area contributed by atoms with Crippen LogP contribution in [0.5, 0.6) is 0 Å². The number of carbonyl (C=O) groups is 3. The van der Waals surface area contributed by atoms with Crippen molar-refractivity contribution in [2.75, 3.05) is 27.2 Å². The molecule has 0 radical (unpaired) electrons. The normalized spacial score (nSPS) is 18.8. The Bertz CT molecular complexity index is 613. The van der Waals surface area contributed by atoms with Gasteiger partial charge in [-0.05, 0) is 58.3 Å². The van der Waals surface area contributed by atoms with Gasteiger partial charge in [-0.25, -0.2) is 0 Å². The molecule has 27 heavy (non-hydrogen) atoms. The molecule has 150 valence electrons. The highest BCUT2D eigenvalue weighted by Crippen LogP contribution is 2.24. The zero-order valence-corrected chi connectivity index (χ0v) is 16.3. The van der Waals surface area contributed by atoms with Crippen molar-refractivity contribution in [1.82, 2.24) is 20.5 Å². The SMILES string of the molecule is Cc1cncc(C(=O)NC2CCC(C(=O)NCCN(C)C)CC2)c1.O=CO. The van der Waals surface area contributed by atoms with E-state index in [1.807, 2.05) is 32.0 Å². The second-order valence-electron chi connectivity index (χ2n) is 6.97. The molecule has 1 aromatic heterocycles. The number of carboxylic acid groups (broad SMARTS) is 1. The van der Waals surface area contributed by atoms with E-state index >= 15 is 0 Å². The molecule has 0 atom stereocenters. The van der Waals surface area contributed by atoms with Crippen LogP contribution in [0.25, 0.3) is 0 Å². The lowest BCUT2D eigenvalue weighted by Gasteiger charge is -2.28. The lowest BCUT2D eigenvalue weighted by Crippen LogP contribution is -2.42. The van der Waals surface area contributed by atoms with Crippen LogP contribution in [-0.2, 0) is 9.59 Å². The molecule has 0 unspecified atom stereocenters. The first-order valence-electron chi connectivity index (χ1n) is 9.10. The molecule has 8 nitrogen and oxygen atoms in total. The maximum atomic E-state index is 12.3. The Balaban J connectivity index is 0.00000114. The molecule has 2 rings (SSSR count). The van der Waals surface area contributed by atoms with Crippen molar-refractivity contribution in [3.8, 4) is 0 Å². The highest BCUT2D eigenvalue weighted by atomic mass is 16.3. The average molecular weight is 378 g/mol. The van der Waals surface area contributed by atoms with Gasteiger partial charge in [0.2, 0.25) is 5.91 Å². The maximum Gasteiger partial charge on any atom is 0.290 e.